The average molecular weight is 1080 g/mol. The van der Waals surface area contributed by atoms with Crippen molar-refractivity contribution in [2.45, 2.75) is 131 Å². The van der Waals surface area contributed by atoms with Crippen molar-refractivity contribution in [3.63, 3.8) is 0 Å². The van der Waals surface area contributed by atoms with Crippen LogP contribution in [-0.2, 0) is 20.7 Å². The highest BCUT2D eigenvalue weighted by molar-refractivity contribution is 6.03. The van der Waals surface area contributed by atoms with Crippen LogP contribution in [0.4, 0.5) is 16.2 Å². The highest BCUT2D eigenvalue weighted by Crippen LogP contribution is 2.44. The predicted octanol–water partition coefficient (Wildman–Crippen LogP) is 9.67. The van der Waals surface area contributed by atoms with Gasteiger partial charge in [-0.3, -0.25) is 19.2 Å². The van der Waals surface area contributed by atoms with Gasteiger partial charge in [-0.25, -0.2) is 4.79 Å². The number of aryl methyl sites for hydroxylation is 2. The fourth-order valence-corrected chi connectivity index (χ4v) is 12.6. The van der Waals surface area contributed by atoms with Gasteiger partial charge >= 0.3 is 6.09 Å². The van der Waals surface area contributed by atoms with Gasteiger partial charge in [-0.05, 0) is 122 Å². The summed E-state index contributed by atoms with van der Waals surface area (Å²) in [7, 11) is 0. The van der Waals surface area contributed by atoms with Gasteiger partial charge in [-0.15, -0.1) is 0 Å². The molecule has 4 fully saturated rings. The van der Waals surface area contributed by atoms with Crippen LogP contribution in [0.1, 0.15) is 143 Å². The summed E-state index contributed by atoms with van der Waals surface area (Å²) in [6.45, 7) is 30.7. The molecule has 5 amide bonds. The maximum Gasteiger partial charge on any atom is 0.410 e. The Morgan fingerprint density at radius 3 is 1.46 bits per heavy atom. The molecule has 14 nitrogen and oxygen atoms in total. The molecule has 0 aliphatic carbocycles. The number of piperazine rings is 2. The summed E-state index contributed by atoms with van der Waals surface area (Å²) in [5.74, 6) is -0.187. The predicted molar refractivity (Wildman–Crippen MR) is 316 cm³/mol. The molecule has 79 heavy (non-hydrogen) atoms. The molecule has 4 atom stereocenters. The number of rotatable bonds is 16. The molecular formula is C65H90N8O6. The van der Waals surface area contributed by atoms with Gasteiger partial charge < -0.3 is 45.2 Å². The topological polar surface area (TPSA) is 147 Å². The van der Waals surface area contributed by atoms with Crippen LogP contribution in [-0.4, -0.2) is 141 Å². The van der Waals surface area contributed by atoms with Gasteiger partial charge in [0.15, 0.2) is 0 Å². The van der Waals surface area contributed by atoms with Gasteiger partial charge in [0.2, 0.25) is 11.8 Å². The number of benzene rings is 4. The first-order chi connectivity index (χ1) is 37.5. The lowest BCUT2D eigenvalue weighted by Gasteiger charge is -2.46. The van der Waals surface area contributed by atoms with E-state index in [0.29, 0.717) is 75.8 Å². The van der Waals surface area contributed by atoms with Crippen molar-refractivity contribution in [2.75, 3.05) is 88.3 Å². The van der Waals surface area contributed by atoms with E-state index in [1.54, 1.807) is 4.90 Å². The summed E-state index contributed by atoms with van der Waals surface area (Å²) in [6.07, 6.45) is 2.71. The number of piperidine rings is 2. The van der Waals surface area contributed by atoms with E-state index in [4.69, 9.17) is 4.74 Å². The van der Waals surface area contributed by atoms with E-state index in [2.05, 4.69) is 109 Å². The second-order valence-corrected chi connectivity index (χ2v) is 25.6. The van der Waals surface area contributed by atoms with Crippen LogP contribution in [0.5, 0.6) is 0 Å². The number of anilines is 2. The third kappa shape index (κ3) is 14.1. The monoisotopic (exact) mass is 1080 g/mol. The number of hydrogen-bond donors (Lipinski definition) is 3. The quantitative estimate of drug-likeness (QED) is 0.0999. The zero-order chi connectivity index (χ0) is 56.8. The molecule has 4 saturated heterocycles. The first-order valence-corrected chi connectivity index (χ1v) is 29.2. The summed E-state index contributed by atoms with van der Waals surface area (Å²) < 4.78 is 6.18. The SMILES string of the molecule is Cc1ccc(C2CCN(C(=O)[C@H](NC(=O)c3ccccc3N3CCN(C(=O)OC(C)(C)CCc4ccc(C5CCN(C(=O)[C@H](NC(=O)c6ccccc6N6CCNCC6)C(C)C)CC5(C)C)cc4)CC3)C(C)C)CC2(C)C)cc1. The van der Waals surface area contributed by atoms with Crippen LogP contribution in [0.3, 0.4) is 0 Å². The minimum absolute atomic E-state index is 0.0332. The second kappa shape index (κ2) is 24.9. The van der Waals surface area contributed by atoms with E-state index in [1.807, 2.05) is 99.9 Å². The lowest BCUT2D eigenvalue weighted by molar-refractivity contribution is -0.138. The number of carbonyl (C=O) groups excluding carboxylic acids is 5. The highest BCUT2D eigenvalue weighted by atomic mass is 16.6. The first kappa shape index (κ1) is 58.7. The second-order valence-electron chi connectivity index (χ2n) is 25.6. The molecule has 4 aromatic carbocycles. The lowest BCUT2D eigenvalue weighted by atomic mass is 9.70. The van der Waals surface area contributed by atoms with Crippen molar-refractivity contribution in [2.24, 2.45) is 22.7 Å². The van der Waals surface area contributed by atoms with E-state index < -0.39 is 17.7 Å². The van der Waals surface area contributed by atoms with Crippen LogP contribution >= 0.6 is 0 Å². The van der Waals surface area contributed by atoms with E-state index in [0.717, 1.165) is 62.4 Å². The van der Waals surface area contributed by atoms with Crippen molar-refractivity contribution >= 4 is 41.1 Å². The first-order valence-electron chi connectivity index (χ1n) is 29.2. The van der Waals surface area contributed by atoms with Crippen molar-refractivity contribution in [3.8, 4) is 0 Å². The average Bonchev–Trinajstić information content (AvgIpc) is 3.53. The third-order valence-electron chi connectivity index (χ3n) is 17.4. The Morgan fingerprint density at radius 2 is 1.01 bits per heavy atom. The minimum atomic E-state index is -0.711. The molecule has 4 aliphatic heterocycles. The summed E-state index contributed by atoms with van der Waals surface area (Å²) in [4.78, 5) is 80.2. The number of para-hydroxylation sites is 2. The molecule has 426 valence electrons. The molecule has 0 saturated carbocycles. The fraction of sp³-hybridized carbons (Fsp3) is 0.554. The van der Waals surface area contributed by atoms with E-state index >= 15 is 0 Å². The highest BCUT2D eigenvalue weighted by Gasteiger charge is 2.43. The van der Waals surface area contributed by atoms with Crippen LogP contribution in [0.2, 0.25) is 0 Å². The molecular weight excluding hydrogens is 989 g/mol. The summed E-state index contributed by atoms with van der Waals surface area (Å²) in [6, 6.07) is 31.5. The molecule has 2 unspecified atom stereocenters. The summed E-state index contributed by atoms with van der Waals surface area (Å²) in [5.41, 5.74) is 6.69. The molecule has 8 rings (SSSR count). The Labute approximate surface area is 471 Å². The lowest BCUT2D eigenvalue weighted by Crippen LogP contribution is -2.56. The molecule has 0 radical (unpaired) electrons. The number of ether oxygens (including phenoxy) is 1. The largest absolute Gasteiger partial charge is 0.443 e. The van der Waals surface area contributed by atoms with Crippen molar-refractivity contribution in [1.29, 1.82) is 0 Å². The Morgan fingerprint density at radius 1 is 0.582 bits per heavy atom. The van der Waals surface area contributed by atoms with Gasteiger partial charge in [-0.1, -0.05) is 134 Å². The van der Waals surface area contributed by atoms with Gasteiger partial charge in [0.05, 0.1) is 11.1 Å². The molecule has 4 aromatic rings. The van der Waals surface area contributed by atoms with Gasteiger partial charge in [0.1, 0.15) is 17.7 Å². The van der Waals surface area contributed by atoms with Crippen molar-refractivity contribution in [3.05, 3.63) is 130 Å². The van der Waals surface area contributed by atoms with Crippen LogP contribution in [0.15, 0.2) is 97.1 Å². The molecule has 14 heteroatoms. The molecule has 3 N–H and O–H groups in total. The Hall–Kier alpha value is -6.41. The maximum atomic E-state index is 14.3. The minimum Gasteiger partial charge on any atom is -0.443 e. The maximum absolute atomic E-state index is 14.3. The Balaban J connectivity index is 0.797. The van der Waals surface area contributed by atoms with Gasteiger partial charge in [0, 0.05) is 89.9 Å². The number of likely N-dealkylation sites (tertiary alicyclic amines) is 2. The van der Waals surface area contributed by atoms with E-state index in [9.17, 15) is 24.0 Å². The zero-order valence-electron chi connectivity index (χ0n) is 49.2. The van der Waals surface area contributed by atoms with Gasteiger partial charge in [0.25, 0.3) is 11.8 Å². The summed E-state index contributed by atoms with van der Waals surface area (Å²) >= 11 is 0. The number of nitrogens with one attached hydrogen (secondary N) is 3. The smallest absolute Gasteiger partial charge is 0.410 e. The standard InChI is InChI=1S/C65H90N8O6/c1-44(2)56(67-58(74)50-16-12-14-18-54(50)69-36-32-66-33-37-69)60(76)73-35-30-53(64(8,9)43-73)49-26-22-47(23-27-49)28-31-65(10,11)79-62(78)71-40-38-70(39-41-71)55-19-15-13-17-51(55)59(75)68-57(45(3)4)61(77)72-34-29-52(63(6,7)42-72)48-24-20-46(5)21-25-48/h12-27,44-45,52-53,56-57,66H,28-43H2,1-11H3,(H,67,74)(H,68,75)/t52?,53?,56-,57-/m1/s1. The van der Waals surface area contributed by atoms with Gasteiger partial charge in [-0.2, -0.15) is 0 Å². The zero-order valence-corrected chi connectivity index (χ0v) is 49.2. The van der Waals surface area contributed by atoms with E-state index in [-0.39, 0.29) is 58.3 Å². The van der Waals surface area contributed by atoms with Crippen LogP contribution < -0.4 is 25.8 Å². The molecule has 0 spiro atoms. The molecule has 4 aliphatic rings. The third-order valence-corrected chi connectivity index (χ3v) is 17.4. The Bertz CT molecular complexity index is 2760. The normalized spacial score (nSPS) is 20.4. The fourth-order valence-electron chi connectivity index (χ4n) is 12.6. The van der Waals surface area contributed by atoms with Crippen molar-refractivity contribution in [1.82, 2.24) is 30.7 Å². The number of carbonyl (C=O) groups is 5. The number of amides is 5. The van der Waals surface area contributed by atoms with Crippen LogP contribution in [0.25, 0.3) is 0 Å². The summed E-state index contributed by atoms with van der Waals surface area (Å²) in [5, 5.41) is 9.67. The molecule has 0 bridgehead atoms. The molecule has 4 heterocycles. The van der Waals surface area contributed by atoms with Crippen molar-refractivity contribution < 1.29 is 28.7 Å². The number of hydrogen-bond acceptors (Lipinski definition) is 9. The number of nitrogens with zero attached hydrogens (tertiary/aromatic N) is 5. The van der Waals surface area contributed by atoms with E-state index in [1.165, 1.54) is 16.7 Å². The molecule has 0 aromatic heterocycles. The van der Waals surface area contributed by atoms with Crippen LogP contribution in [0, 0.1) is 29.6 Å². The Kier molecular flexibility index (Phi) is 18.5.